The Morgan fingerprint density at radius 1 is 0.759 bits per heavy atom. The molecule has 0 aliphatic rings. The van der Waals surface area contributed by atoms with Crippen LogP contribution in [0.2, 0.25) is 20.1 Å². The summed E-state index contributed by atoms with van der Waals surface area (Å²) in [5.74, 6) is -1.41. The van der Waals surface area contributed by atoms with Gasteiger partial charge in [0.2, 0.25) is 0 Å². The van der Waals surface area contributed by atoms with E-state index in [1.54, 1.807) is 6.07 Å². The first kappa shape index (κ1) is 22.0. The van der Waals surface area contributed by atoms with Crippen molar-refractivity contribution in [2.75, 3.05) is 0 Å². The van der Waals surface area contributed by atoms with Crippen LogP contribution in [0.5, 0.6) is 11.5 Å². The van der Waals surface area contributed by atoms with E-state index in [1.165, 1.54) is 42.5 Å². The normalized spacial score (nSPS) is 13.8. The van der Waals surface area contributed by atoms with Gasteiger partial charge in [0, 0.05) is 11.1 Å². The lowest BCUT2D eigenvalue weighted by molar-refractivity contribution is 0.444. The van der Waals surface area contributed by atoms with E-state index in [0.29, 0.717) is 0 Å². The smallest absolute Gasteiger partial charge is 0.283 e. The van der Waals surface area contributed by atoms with Crippen LogP contribution < -0.4 is 0 Å². The molecule has 0 saturated heterocycles. The van der Waals surface area contributed by atoms with Gasteiger partial charge in [-0.1, -0.05) is 88.9 Å². The molecule has 3 aromatic rings. The minimum atomic E-state index is -5.09. The van der Waals surface area contributed by atoms with Crippen molar-refractivity contribution >= 4 is 56.5 Å². The summed E-state index contributed by atoms with van der Waals surface area (Å²) in [6.07, 6.45) is 0. The molecule has 3 rings (SSSR count). The number of hydrogen-bond acceptors (Lipinski definition) is 4. The summed E-state index contributed by atoms with van der Waals surface area (Å²) in [6, 6.07) is 12.7. The lowest BCUT2D eigenvalue weighted by atomic mass is 9.83. The minimum Gasteiger partial charge on any atom is -0.506 e. The Balaban J connectivity index is 2.65. The van der Waals surface area contributed by atoms with Crippen LogP contribution in [0.4, 0.5) is 0 Å². The molecule has 0 aliphatic carbocycles. The quantitative estimate of drug-likeness (QED) is 0.311. The van der Waals surface area contributed by atoms with Crippen LogP contribution in [0.3, 0.4) is 0 Å². The molecule has 0 fully saturated rings. The maximum absolute atomic E-state index is 13.0. The van der Waals surface area contributed by atoms with E-state index < -0.39 is 36.4 Å². The molecular formula is C19H12Cl4O5S. The first-order valence-electron chi connectivity index (χ1n) is 7.91. The molecule has 0 aromatic heterocycles. The number of phenolic OH excluding ortho intramolecular Hbond substituents is 2. The second kappa shape index (κ2) is 7.87. The maximum Gasteiger partial charge on any atom is 0.283 e. The fourth-order valence-electron chi connectivity index (χ4n) is 3.20. The molecule has 1 unspecified atom stereocenters. The van der Waals surface area contributed by atoms with Gasteiger partial charge in [0.05, 0.1) is 15.1 Å². The number of aromatic hydroxyl groups is 2. The first-order chi connectivity index (χ1) is 13.5. The van der Waals surface area contributed by atoms with Gasteiger partial charge in [-0.25, -0.2) is 0 Å². The predicted octanol–water partition coefficient (Wildman–Crippen LogP) is 5.89. The average molecular weight is 494 g/mol. The van der Waals surface area contributed by atoms with E-state index in [2.05, 4.69) is 0 Å². The van der Waals surface area contributed by atoms with Crippen LogP contribution in [0.25, 0.3) is 0 Å². The summed E-state index contributed by atoms with van der Waals surface area (Å²) < 4.78 is 34.0. The van der Waals surface area contributed by atoms with Crippen molar-refractivity contribution < 1.29 is 23.2 Å². The highest BCUT2D eigenvalue weighted by atomic mass is 35.5. The minimum absolute atomic E-state index is 0.0200. The molecule has 0 heterocycles. The topological polar surface area (TPSA) is 94.8 Å². The van der Waals surface area contributed by atoms with E-state index >= 15 is 0 Å². The number of hydrogen-bond donors (Lipinski definition) is 3. The molecule has 10 heteroatoms. The molecule has 3 N–H and O–H groups in total. The van der Waals surface area contributed by atoms with Gasteiger partial charge in [-0.05, 0) is 17.7 Å². The number of rotatable bonds is 4. The van der Waals surface area contributed by atoms with Crippen molar-refractivity contribution in [2.24, 2.45) is 0 Å². The molecule has 0 radical (unpaired) electrons. The Hall–Kier alpha value is -1.67. The van der Waals surface area contributed by atoms with E-state index in [0.717, 1.165) is 6.07 Å². The SMILES string of the molecule is O=S(=O)(O)C(c1ccccc1)(c1cccc(Cl)c1Cl)c1cc(O)c(Cl)c(O)c1Cl. The van der Waals surface area contributed by atoms with Crippen LogP contribution in [-0.2, 0) is 14.9 Å². The average Bonchev–Trinajstić information content (AvgIpc) is 2.67. The summed E-state index contributed by atoms with van der Waals surface area (Å²) in [7, 11) is -5.09. The Bertz CT molecular complexity index is 1200. The van der Waals surface area contributed by atoms with Gasteiger partial charge in [-0.2, -0.15) is 8.42 Å². The zero-order chi connectivity index (χ0) is 21.6. The van der Waals surface area contributed by atoms with Gasteiger partial charge >= 0.3 is 0 Å². The summed E-state index contributed by atoms with van der Waals surface area (Å²) in [5, 5.41) is 19.3. The fourth-order valence-corrected chi connectivity index (χ4v) is 5.56. The molecule has 0 bridgehead atoms. The van der Waals surface area contributed by atoms with Crippen LogP contribution in [0.15, 0.2) is 54.6 Å². The zero-order valence-corrected chi connectivity index (χ0v) is 18.1. The van der Waals surface area contributed by atoms with Crippen LogP contribution in [0.1, 0.15) is 16.7 Å². The van der Waals surface area contributed by atoms with Crippen molar-refractivity contribution in [3.8, 4) is 11.5 Å². The van der Waals surface area contributed by atoms with Gasteiger partial charge < -0.3 is 10.2 Å². The number of benzene rings is 3. The highest BCUT2D eigenvalue weighted by Crippen LogP contribution is 2.53. The zero-order valence-electron chi connectivity index (χ0n) is 14.3. The Kier molecular flexibility index (Phi) is 5.98. The molecule has 0 spiro atoms. The first-order valence-corrected chi connectivity index (χ1v) is 10.9. The second-order valence-electron chi connectivity index (χ2n) is 6.04. The summed E-state index contributed by atoms with van der Waals surface area (Å²) in [6.45, 7) is 0. The molecular weight excluding hydrogens is 482 g/mol. The number of phenols is 2. The number of halogens is 4. The van der Waals surface area contributed by atoms with E-state index in [1.807, 2.05) is 0 Å². The highest BCUT2D eigenvalue weighted by Gasteiger charge is 2.51. The Labute approximate surface area is 186 Å². The van der Waals surface area contributed by atoms with Gasteiger partial charge in [-0.3, -0.25) is 4.55 Å². The lowest BCUT2D eigenvalue weighted by Crippen LogP contribution is -2.39. The Morgan fingerprint density at radius 3 is 1.97 bits per heavy atom. The summed E-state index contributed by atoms with van der Waals surface area (Å²) >= 11 is 24.5. The van der Waals surface area contributed by atoms with Crippen LogP contribution in [0, 0.1) is 0 Å². The summed E-state index contributed by atoms with van der Waals surface area (Å²) in [4.78, 5) is 0. The maximum atomic E-state index is 13.0. The van der Waals surface area contributed by atoms with Gasteiger partial charge in [0.15, 0.2) is 10.5 Å². The third-order valence-electron chi connectivity index (χ3n) is 4.44. The molecule has 0 saturated carbocycles. The summed E-state index contributed by atoms with van der Waals surface area (Å²) in [5.41, 5.74) is -0.463. The standard InChI is InChI=1S/C19H12Cl4O5S/c20-13-8-4-7-11(15(13)21)19(29(26,27)28,10-5-2-1-3-6-10)12-9-14(24)17(23)18(25)16(12)22/h1-9,24-25H,(H,26,27,28). The highest BCUT2D eigenvalue weighted by molar-refractivity contribution is 7.87. The fraction of sp³-hybridized carbons (Fsp3) is 0.0526. The van der Waals surface area contributed by atoms with Crippen molar-refractivity contribution in [3.63, 3.8) is 0 Å². The monoisotopic (exact) mass is 492 g/mol. The molecule has 0 aliphatic heterocycles. The largest absolute Gasteiger partial charge is 0.506 e. The van der Waals surface area contributed by atoms with Crippen molar-refractivity contribution in [1.29, 1.82) is 0 Å². The van der Waals surface area contributed by atoms with E-state index in [4.69, 9.17) is 46.4 Å². The van der Waals surface area contributed by atoms with Crippen molar-refractivity contribution in [3.05, 3.63) is 91.4 Å². The third-order valence-corrected chi connectivity index (χ3v) is 7.46. The van der Waals surface area contributed by atoms with Crippen LogP contribution in [-0.4, -0.2) is 23.2 Å². The molecule has 29 heavy (non-hydrogen) atoms. The van der Waals surface area contributed by atoms with Gasteiger partial charge in [0.1, 0.15) is 10.8 Å². The van der Waals surface area contributed by atoms with Gasteiger partial charge in [-0.15, -0.1) is 0 Å². The van der Waals surface area contributed by atoms with E-state index in [-0.39, 0.29) is 26.7 Å². The molecule has 0 amide bonds. The Morgan fingerprint density at radius 2 is 1.38 bits per heavy atom. The molecule has 1 atom stereocenters. The van der Waals surface area contributed by atoms with E-state index in [9.17, 15) is 23.2 Å². The second-order valence-corrected chi connectivity index (χ2v) is 9.15. The van der Waals surface area contributed by atoms with Crippen molar-refractivity contribution in [2.45, 2.75) is 4.75 Å². The predicted molar refractivity (Wildman–Crippen MR) is 114 cm³/mol. The van der Waals surface area contributed by atoms with Crippen LogP contribution >= 0.6 is 46.4 Å². The lowest BCUT2D eigenvalue weighted by Gasteiger charge is -2.34. The molecule has 152 valence electrons. The third kappa shape index (κ3) is 3.44. The molecule has 3 aromatic carbocycles. The van der Waals surface area contributed by atoms with Gasteiger partial charge in [0.25, 0.3) is 10.1 Å². The molecule has 5 nitrogen and oxygen atoms in total. The van der Waals surface area contributed by atoms with Crippen molar-refractivity contribution in [1.82, 2.24) is 0 Å².